The molecule has 1 heterocycles. The van der Waals surface area contributed by atoms with Gasteiger partial charge in [-0.15, -0.1) is 0 Å². The Labute approximate surface area is 123 Å². The first-order valence-electron chi connectivity index (χ1n) is 6.74. The second-order valence-electron chi connectivity index (χ2n) is 5.61. The molecule has 6 heteroatoms. The number of aromatic nitrogens is 1. The zero-order valence-corrected chi connectivity index (χ0v) is 12.1. The van der Waals surface area contributed by atoms with Crippen molar-refractivity contribution in [2.75, 3.05) is 17.3 Å². The Bertz CT molecular complexity index is 480. The molecule has 3 rings (SSSR count). The maximum atomic E-state index is 6.14. The summed E-state index contributed by atoms with van der Waals surface area (Å²) in [6.45, 7) is 0.930. The zero-order valence-electron chi connectivity index (χ0n) is 10.6. The fourth-order valence-corrected chi connectivity index (χ4v) is 4.03. The first-order valence-corrected chi connectivity index (χ1v) is 7.49. The molecule has 1 aromatic rings. The summed E-state index contributed by atoms with van der Waals surface area (Å²) in [6, 6.07) is 1.66. The van der Waals surface area contributed by atoms with Gasteiger partial charge in [0.05, 0.1) is 10.0 Å². The summed E-state index contributed by atoms with van der Waals surface area (Å²) in [7, 11) is 0. The van der Waals surface area contributed by atoms with E-state index >= 15 is 0 Å². The van der Waals surface area contributed by atoms with Crippen LogP contribution in [0.15, 0.2) is 6.07 Å². The molecule has 0 radical (unpaired) electrons. The largest absolute Gasteiger partial charge is 0.368 e. The fourth-order valence-electron chi connectivity index (χ4n) is 3.55. The lowest BCUT2D eigenvalue weighted by Gasteiger charge is -2.22. The summed E-state index contributed by atoms with van der Waals surface area (Å²) in [5.41, 5.74) is 2.48. The summed E-state index contributed by atoms with van der Waals surface area (Å²) in [6.07, 6.45) is 5.55. The Morgan fingerprint density at radius 3 is 2.63 bits per heavy atom. The van der Waals surface area contributed by atoms with Crippen LogP contribution in [0.3, 0.4) is 0 Å². The summed E-state index contributed by atoms with van der Waals surface area (Å²) < 4.78 is 0. The van der Waals surface area contributed by atoms with Gasteiger partial charge in [0.25, 0.3) is 0 Å². The van der Waals surface area contributed by atoms with Gasteiger partial charge < -0.3 is 10.7 Å². The van der Waals surface area contributed by atoms with Crippen LogP contribution in [0.1, 0.15) is 25.7 Å². The minimum atomic E-state index is 0.429. The second kappa shape index (κ2) is 5.35. The molecular formula is C13H18Cl2N4. The van der Waals surface area contributed by atoms with E-state index in [0.29, 0.717) is 21.7 Å². The van der Waals surface area contributed by atoms with Gasteiger partial charge >= 0.3 is 0 Å². The van der Waals surface area contributed by atoms with Gasteiger partial charge in [-0.05, 0) is 43.1 Å². The van der Waals surface area contributed by atoms with Gasteiger partial charge in [0.15, 0.2) is 5.82 Å². The number of anilines is 2. The third-order valence-electron chi connectivity index (χ3n) is 4.48. The number of hydrogen-bond donors (Lipinski definition) is 3. The number of fused-ring (bicyclic) bond motifs is 2. The van der Waals surface area contributed by atoms with Crippen molar-refractivity contribution in [2.45, 2.75) is 25.7 Å². The Kier molecular flexibility index (Phi) is 3.74. The van der Waals surface area contributed by atoms with E-state index < -0.39 is 0 Å². The molecule has 0 spiro atoms. The Morgan fingerprint density at radius 2 is 2.00 bits per heavy atom. The number of pyridine rings is 1. The number of halogens is 2. The van der Waals surface area contributed by atoms with E-state index in [1.54, 1.807) is 6.07 Å². The van der Waals surface area contributed by atoms with Crippen molar-refractivity contribution >= 4 is 34.8 Å². The van der Waals surface area contributed by atoms with Crippen molar-refractivity contribution in [2.24, 2.45) is 23.6 Å². The molecule has 2 aliphatic carbocycles. The van der Waals surface area contributed by atoms with Crippen LogP contribution >= 0.6 is 23.2 Å². The number of hydrazine groups is 1. The first kappa shape index (κ1) is 13.3. The maximum absolute atomic E-state index is 6.14. The van der Waals surface area contributed by atoms with Gasteiger partial charge in [-0.1, -0.05) is 29.6 Å². The molecule has 2 fully saturated rings. The molecular weight excluding hydrogens is 283 g/mol. The highest BCUT2D eigenvalue weighted by Crippen LogP contribution is 2.48. The molecule has 2 bridgehead atoms. The fraction of sp³-hybridized carbons (Fsp3) is 0.615. The first-order chi connectivity index (χ1) is 9.17. The van der Waals surface area contributed by atoms with Crippen LogP contribution in [0.4, 0.5) is 11.6 Å². The van der Waals surface area contributed by atoms with Gasteiger partial charge in [-0.25, -0.2) is 10.8 Å². The van der Waals surface area contributed by atoms with E-state index in [-0.39, 0.29) is 0 Å². The van der Waals surface area contributed by atoms with E-state index in [0.717, 1.165) is 24.3 Å². The monoisotopic (exact) mass is 300 g/mol. The topological polar surface area (TPSA) is 63.0 Å². The molecule has 2 saturated carbocycles. The van der Waals surface area contributed by atoms with Crippen molar-refractivity contribution in [1.29, 1.82) is 0 Å². The quantitative estimate of drug-likeness (QED) is 0.588. The zero-order chi connectivity index (χ0) is 13.4. The van der Waals surface area contributed by atoms with Crippen LogP contribution in [-0.2, 0) is 0 Å². The van der Waals surface area contributed by atoms with E-state index in [2.05, 4.69) is 15.7 Å². The average molecular weight is 301 g/mol. The average Bonchev–Trinajstić information content (AvgIpc) is 3.00. The standard InChI is InChI=1S/C13H18Cl2N4/c14-10-5-11(15)13(19-16)18-12(10)17-6-9-4-7-1-2-8(9)3-7/h5,7-9H,1-4,6,16H2,(H2,17,18,19). The molecule has 0 saturated heterocycles. The number of nitrogens with two attached hydrogens (primary N) is 1. The van der Waals surface area contributed by atoms with Crippen LogP contribution in [0.5, 0.6) is 0 Å². The molecule has 4 N–H and O–H groups in total. The van der Waals surface area contributed by atoms with Gasteiger partial charge in [-0.3, -0.25) is 0 Å². The van der Waals surface area contributed by atoms with Crippen LogP contribution < -0.4 is 16.6 Å². The van der Waals surface area contributed by atoms with Crippen molar-refractivity contribution in [1.82, 2.24) is 4.98 Å². The van der Waals surface area contributed by atoms with Crippen molar-refractivity contribution in [3.05, 3.63) is 16.1 Å². The van der Waals surface area contributed by atoms with Gasteiger partial charge in [0.2, 0.25) is 0 Å². The van der Waals surface area contributed by atoms with E-state index in [4.69, 9.17) is 29.0 Å². The molecule has 1 aromatic heterocycles. The Balaban J connectivity index is 1.66. The van der Waals surface area contributed by atoms with E-state index in [1.807, 2.05) is 0 Å². The summed E-state index contributed by atoms with van der Waals surface area (Å²) in [5, 5.41) is 4.31. The molecule has 4 nitrogen and oxygen atoms in total. The lowest BCUT2D eigenvalue weighted by Crippen LogP contribution is -2.21. The Hall–Kier alpha value is -0.710. The van der Waals surface area contributed by atoms with Gasteiger partial charge in [0, 0.05) is 6.54 Å². The third kappa shape index (κ3) is 2.62. The SMILES string of the molecule is NNc1nc(NCC2CC3CCC2C3)c(Cl)cc1Cl. The summed E-state index contributed by atoms with van der Waals surface area (Å²) in [4.78, 5) is 4.30. The van der Waals surface area contributed by atoms with Gasteiger partial charge in [-0.2, -0.15) is 0 Å². The van der Waals surface area contributed by atoms with Crippen molar-refractivity contribution < 1.29 is 0 Å². The van der Waals surface area contributed by atoms with Crippen LogP contribution in [0, 0.1) is 17.8 Å². The molecule has 3 unspecified atom stereocenters. The van der Waals surface area contributed by atoms with Crippen LogP contribution in [0.2, 0.25) is 10.0 Å². The maximum Gasteiger partial charge on any atom is 0.161 e. The molecule has 0 aliphatic heterocycles. The van der Waals surface area contributed by atoms with Crippen LogP contribution in [-0.4, -0.2) is 11.5 Å². The number of nitrogens with one attached hydrogen (secondary N) is 2. The van der Waals surface area contributed by atoms with E-state index in [9.17, 15) is 0 Å². The van der Waals surface area contributed by atoms with Crippen LogP contribution in [0.25, 0.3) is 0 Å². The highest BCUT2D eigenvalue weighted by atomic mass is 35.5. The molecule has 0 aromatic carbocycles. The molecule has 3 atom stereocenters. The van der Waals surface area contributed by atoms with Gasteiger partial charge in [0.1, 0.15) is 5.82 Å². The molecule has 2 aliphatic rings. The smallest absolute Gasteiger partial charge is 0.161 e. The number of hydrogen-bond acceptors (Lipinski definition) is 4. The lowest BCUT2D eigenvalue weighted by atomic mass is 9.89. The number of nitrogen functional groups attached to an aromatic ring is 1. The number of rotatable bonds is 4. The highest BCUT2D eigenvalue weighted by molar-refractivity contribution is 6.37. The minimum Gasteiger partial charge on any atom is -0.368 e. The summed E-state index contributed by atoms with van der Waals surface area (Å²) >= 11 is 12.1. The molecule has 19 heavy (non-hydrogen) atoms. The number of nitrogens with zero attached hydrogens (tertiary/aromatic N) is 1. The van der Waals surface area contributed by atoms with Crippen molar-refractivity contribution in [3.63, 3.8) is 0 Å². The Morgan fingerprint density at radius 1 is 1.21 bits per heavy atom. The predicted octanol–water partition coefficient (Wildman–Crippen LogP) is 3.52. The lowest BCUT2D eigenvalue weighted by molar-refractivity contribution is 0.348. The normalized spacial score (nSPS) is 28.7. The third-order valence-corrected chi connectivity index (χ3v) is 5.06. The second-order valence-corrected chi connectivity index (χ2v) is 6.42. The molecule has 104 valence electrons. The van der Waals surface area contributed by atoms with Crippen molar-refractivity contribution in [3.8, 4) is 0 Å². The summed E-state index contributed by atoms with van der Waals surface area (Å²) in [5.74, 6) is 9.06. The van der Waals surface area contributed by atoms with E-state index in [1.165, 1.54) is 25.7 Å². The molecule has 0 amide bonds. The highest BCUT2D eigenvalue weighted by Gasteiger charge is 2.39. The predicted molar refractivity (Wildman–Crippen MR) is 79.5 cm³/mol. The minimum absolute atomic E-state index is 0.429.